The number of anilines is 1. The van der Waals surface area contributed by atoms with E-state index in [0.29, 0.717) is 16.1 Å². The summed E-state index contributed by atoms with van der Waals surface area (Å²) in [5.41, 5.74) is 3.28. The van der Waals surface area contributed by atoms with Gasteiger partial charge >= 0.3 is 5.00 Å². The molecule has 0 saturated heterocycles. The predicted molar refractivity (Wildman–Crippen MR) is 86.8 cm³/mol. The molecule has 0 saturated carbocycles. The van der Waals surface area contributed by atoms with E-state index in [9.17, 15) is 19.7 Å². The van der Waals surface area contributed by atoms with Crippen LogP contribution in [-0.4, -0.2) is 23.0 Å². The number of amides is 2. The summed E-state index contributed by atoms with van der Waals surface area (Å²) in [6, 6.07) is 9.21. The van der Waals surface area contributed by atoms with Crippen molar-refractivity contribution in [2.45, 2.75) is 6.92 Å². The first-order valence-electron chi connectivity index (χ1n) is 6.41. The molecule has 2 amide bonds. The fraction of sp³-hybridized carbons (Fsp3) is 0.0714. The van der Waals surface area contributed by atoms with Crippen molar-refractivity contribution in [2.24, 2.45) is 5.10 Å². The van der Waals surface area contributed by atoms with Gasteiger partial charge in [0.2, 0.25) is 5.91 Å². The van der Waals surface area contributed by atoms with Gasteiger partial charge < -0.3 is 5.32 Å². The minimum atomic E-state index is -0.489. The zero-order valence-electron chi connectivity index (χ0n) is 12.0. The Labute approximate surface area is 135 Å². The first-order chi connectivity index (χ1) is 11.0. The van der Waals surface area contributed by atoms with Gasteiger partial charge in [-0.15, -0.1) is 0 Å². The van der Waals surface area contributed by atoms with Crippen molar-refractivity contribution in [2.75, 3.05) is 5.32 Å². The van der Waals surface area contributed by atoms with E-state index in [2.05, 4.69) is 15.8 Å². The van der Waals surface area contributed by atoms with E-state index < -0.39 is 10.8 Å². The number of hydrogen-bond acceptors (Lipinski definition) is 6. The third-order valence-electron chi connectivity index (χ3n) is 2.62. The van der Waals surface area contributed by atoms with Crippen molar-refractivity contribution < 1.29 is 14.5 Å². The number of hydrogen-bond donors (Lipinski definition) is 2. The van der Waals surface area contributed by atoms with E-state index in [1.54, 1.807) is 30.3 Å². The Morgan fingerprint density at radius 1 is 1.22 bits per heavy atom. The van der Waals surface area contributed by atoms with Crippen LogP contribution < -0.4 is 10.7 Å². The van der Waals surface area contributed by atoms with Gasteiger partial charge in [0.05, 0.1) is 16.0 Å². The number of nitrogens with zero attached hydrogens (tertiary/aromatic N) is 2. The van der Waals surface area contributed by atoms with Crippen LogP contribution in [-0.2, 0) is 4.79 Å². The average molecular weight is 332 g/mol. The van der Waals surface area contributed by atoms with Gasteiger partial charge in [-0.05, 0) is 30.3 Å². The molecular formula is C14H12N4O4S. The fourth-order valence-electron chi connectivity index (χ4n) is 1.64. The molecule has 9 heteroatoms. The summed E-state index contributed by atoms with van der Waals surface area (Å²) in [5, 5.41) is 16.9. The van der Waals surface area contributed by atoms with Gasteiger partial charge in [-0.25, -0.2) is 5.43 Å². The number of nitrogens with one attached hydrogen (secondary N) is 2. The smallest absolute Gasteiger partial charge is 0.324 e. The highest BCUT2D eigenvalue weighted by Gasteiger charge is 2.08. The van der Waals surface area contributed by atoms with Crippen LogP contribution in [0.4, 0.5) is 10.7 Å². The van der Waals surface area contributed by atoms with Crippen LogP contribution in [0.1, 0.15) is 22.2 Å². The van der Waals surface area contributed by atoms with Gasteiger partial charge in [0.15, 0.2) is 0 Å². The predicted octanol–water partition coefficient (Wildman–Crippen LogP) is 2.38. The van der Waals surface area contributed by atoms with Crippen molar-refractivity contribution in [3.63, 3.8) is 0 Å². The Bertz CT molecular complexity index is 767. The van der Waals surface area contributed by atoms with E-state index in [0.717, 1.165) is 11.3 Å². The van der Waals surface area contributed by atoms with E-state index >= 15 is 0 Å². The Balaban J connectivity index is 1.94. The molecule has 8 nitrogen and oxygen atoms in total. The zero-order valence-corrected chi connectivity index (χ0v) is 12.8. The molecule has 0 spiro atoms. The first kappa shape index (κ1) is 16.3. The van der Waals surface area contributed by atoms with Gasteiger partial charge in [0, 0.05) is 24.2 Å². The SMILES string of the molecule is CC(=O)Nc1ccc(C(=O)N/N=C\c2ccc([N+](=O)[O-])s2)cc1. The number of nitro groups is 1. The van der Waals surface area contributed by atoms with Gasteiger partial charge in [0.25, 0.3) is 5.91 Å². The van der Waals surface area contributed by atoms with Gasteiger partial charge in [-0.3, -0.25) is 19.7 Å². The minimum absolute atomic E-state index is 0.00587. The van der Waals surface area contributed by atoms with Crippen LogP contribution in [0.3, 0.4) is 0 Å². The molecular weight excluding hydrogens is 320 g/mol. The van der Waals surface area contributed by atoms with Gasteiger partial charge in [-0.2, -0.15) is 5.10 Å². The number of carbonyl (C=O) groups excluding carboxylic acids is 2. The lowest BCUT2D eigenvalue weighted by Gasteiger charge is -2.03. The standard InChI is InChI=1S/C14H12N4O4S/c1-9(19)16-11-4-2-10(3-5-11)14(20)17-15-8-12-6-7-13(23-12)18(21)22/h2-8H,1H3,(H,16,19)(H,17,20)/b15-8-. The van der Waals surface area contributed by atoms with Crippen LogP contribution in [0.5, 0.6) is 0 Å². The second-order valence-corrected chi connectivity index (χ2v) is 5.48. The molecule has 2 aromatic rings. The van der Waals surface area contributed by atoms with Crippen LogP contribution in [0.25, 0.3) is 0 Å². The third kappa shape index (κ3) is 4.71. The maximum atomic E-state index is 11.9. The minimum Gasteiger partial charge on any atom is -0.326 e. The normalized spacial score (nSPS) is 10.5. The molecule has 0 aliphatic heterocycles. The molecule has 1 aromatic heterocycles. The van der Waals surface area contributed by atoms with Crippen LogP contribution >= 0.6 is 11.3 Å². The summed E-state index contributed by atoms with van der Waals surface area (Å²) < 4.78 is 0. The first-order valence-corrected chi connectivity index (χ1v) is 7.22. The van der Waals surface area contributed by atoms with E-state index in [1.165, 1.54) is 19.2 Å². The van der Waals surface area contributed by atoms with Crippen molar-refractivity contribution >= 4 is 40.1 Å². The van der Waals surface area contributed by atoms with Crippen molar-refractivity contribution in [3.05, 3.63) is 57.0 Å². The molecule has 0 aliphatic carbocycles. The molecule has 1 heterocycles. The van der Waals surface area contributed by atoms with Crippen molar-refractivity contribution in [1.29, 1.82) is 0 Å². The molecule has 2 rings (SSSR count). The molecule has 0 radical (unpaired) electrons. The van der Waals surface area contributed by atoms with Crippen molar-refractivity contribution in [1.82, 2.24) is 5.43 Å². The molecule has 23 heavy (non-hydrogen) atoms. The lowest BCUT2D eigenvalue weighted by atomic mass is 10.2. The maximum Gasteiger partial charge on any atom is 0.324 e. The highest BCUT2D eigenvalue weighted by Crippen LogP contribution is 2.22. The van der Waals surface area contributed by atoms with Crippen LogP contribution in [0.2, 0.25) is 0 Å². The van der Waals surface area contributed by atoms with Crippen LogP contribution in [0, 0.1) is 10.1 Å². The number of carbonyl (C=O) groups is 2. The highest BCUT2D eigenvalue weighted by atomic mass is 32.1. The number of benzene rings is 1. The number of hydrazone groups is 1. The van der Waals surface area contributed by atoms with E-state index in [4.69, 9.17) is 0 Å². The molecule has 0 fully saturated rings. The summed E-state index contributed by atoms with van der Waals surface area (Å²) >= 11 is 0.956. The zero-order chi connectivity index (χ0) is 16.8. The lowest BCUT2D eigenvalue weighted by molar-refractivity contribution is -0.380. The van der Waals surface area contributed by atoms with Crippen molar-refractivity contribution in [3.8, 4) is 0 Å². The second kappa shape index (κ2) is 7.27. The topological polar surface area (TPSA) is 114 Å². The summed E-state index contributed by atoms with van der Waals surface area (Å²) in [6.07, 6.45) is 1.33. The molecule has 0 bridgehead atoms. The highest BCUT2D eigenvalue weighted by molar-refractivity contribution is 7.16. The summed E-state index contributed by atoms with van der Waals surface area (Å²) in [7, 11) is 0. The number of thiophene rings is 1. The second-order valence-electron chi connectivity index (χ2n) is 4.39. The quantitative estimate of drug-likeness (QED) is 0.497. The molecule has 1 aromatic carbocycles. The average Bonchev–Trinajstić information content (AvgIpc) is 2.96. The Morgan fingerprint density at radius 2 is 1.91 bits per heavy atom. The van der Waals surface area contributed by atoms with Gasteiger partial charge in [-0.1, -0.05) is 11.3 Å². The summed E-state index contributed by atoms with van der Waals surface area (Å²) in [4.78, 5) is 33.4. The third-order valence-corrected chi connectivity index (χ3v) is 3.59. The molecule has 0 unspecified atom stereocenters. The lowest BCUT2D eigenvalue weighted by Crippen LogP contribution is -2.17. The Morgan fingerprint density at radius 3 is 2.48 bits per heavy atom. The molecule has 0 atom stereocenters. The van der Waals surface area contributed by atoms with E-state index in [1.807, 2.05) is 0 Å². The fourth-order valence-corrected chi connectivity index (χ4v) is 2.33. The molecule has 2 N–H and O–H groups in total. The largest absolute Gasteiger partial charge is 0.326 e. The molecule has 118 valence electrons. The summed E-state index contributed by atoms with van der Waals surface area (Å²) in [6.45, 7) is 1.39. The number of rotatable bonds is 5. The van der Waals surface area contributed by atoms with Crippen LogP contribution in [0.15, 0.2) is 41.5 Å². The maximum absolute atomic E-state index is 11.9. The monoisotopic (exact) mass is 332 g/mol. The Hall–Kier alpha value is -3.07. The van der Waals surface area contributed by atoms with E-state index in [-0.39, 0.29) is 10.9 Å². The Kier molecular flexibility index (Phi) is 5.15. The molecule has 0 aliphatic rings. The summed E-state index contributed by atoms with van der Waals surface area (Å²) in [5.74, 6) is -0.626. The van der Waals surface area contributed by atoms with Gasteiger partial charge in [0.1, 0.15) is 0 Å².